The Balaban J connectivity index is 2.86. The Labute approximate surface area is 111 Å². The molecule has 0 fully saturated rings. The zero-order valence-electron chi connectivity index (χ0n) is 10.6. The van der Waals surface area contributed by atoms with Crippen molar-refractivity contribution in [2.24, 2.45) is 0 Å². The van der Waals surface area contributed by atoms with Crippen molar-refractivity contribution in [1.82, 2.24) is 5.32 Å². The number of hydrogen-bond donors (Lipinski definition) is 2. The summed E-state index contributed by atoms with van der Waals surface area (Å²) in [6.45, 7) is 5.20. The Morgan fingerprint density at radius 1 is 1.37 bits per heavy atom. The molecule has 0 saturated heterocycles. The monoisotopic (exact) mass is 261 g/mol. The second-order valence-electron chi connectivity index (χ2n) is 3.71. The molecule has 0 atom stereocenters. The lowest BCUT2D eigenvalue weighted by Crippen LogP contribution is -2.24. The van der Waals surface area contributed by atoms with Crippen LogP contribution in [0, 0.1) is 0 Å². The second-order valence-corrected chi connectivity index (χ2v) is 3.71. The van der Waals surface area contributed by atoms with Gasteiger partial charge in [-0.3, -0.25) is 4.79 Å². The van der Waals surface area contributed by atoms with Crippen molar-refractivity contribution >= 4 is 18.0 Å². The predicted molar refractivity (Wildman–Crippen MR) is 71.6 cm³/mol. The molecule has 0 aromatic heterocycles. The van der Waals surface area contributed by atoms with Gasteiger partial charge in [-0.05, 0) is 23.8 Å². The summed E-state index contributed by atoms with van der Waals surface area (Å²) < 4.78 is 5.30. The molecule has 0 unspecified atom stereocenters. The molecule has 0 radical (unpaired) electrons. The SMILES string of the molecule is C=CCOc1ccc(C=C(NC(C)=O)C(=O)O)cc1. The summed E-state index contributed by atoms with van der Waals surface area (Å²) in [5, 5.41) is 11.2. The number of carboxylic acids is 1. The van der Waals surface area contributed by atoms with Gasteiger partial charge in [0.05, 0.1) is 0 Å². The Morgan fingerprint density at radius 2 is 2.00 bits per heavy atom. The van der Waals surface area contributed by atoms with Crippen molar-refractivity contribution in [1.29, 1.82) is 0 Å². The van der Waals surface area contributed by atoms with Gasteiger partial charge < -0.3 is 15.2 Å². The van der Waals surface area contributed by atoms with E-state index in [1.54, 1.807) is 30.3 Å². The second kappa shape index (κ2) is 7.00. The largest absolute Gasteiger partial charge is 0.490 e. The van der Waals surface area contributed by atoms with Gasteiger partial charge in [-0.25, -0.2) is 4.79 Å². The minimum atomic E-state index is -1.19. The normalized spacial score (nSPS) is 10.7. The molecular formula is C14H15NO4. The molecule has 5 heteroatoms. The third-order valence-electron chi connectivity index (χ3n) is 2.10. The molecule has 1 aromatic rings. The third-order valence-corrected chi connectivity index (χ3v) is 2.10. The van der Waals surface area contributed by atoms with Gasteiger partial charge in [0.1, 0.15) is 18.1 Å². The fourth-order valence-electron chi connectivity index (χ4n) is 1.32. The molecule has 0 bridgehead atoms. The van der Waals surface area contributed by atoms with E-state index in [1.165, 1.54) is 13.0 Å². The van der Waals surface area contributed by atoms with Crippen LogP contribution in [0.15, 0.2) is 42.6 Å². The van der Waals surface area contributed by atoms with Crippen LogP contribution >= 0.6 is 0 Å². The number of hydrogen-bond acceptors (Lipinski definition) is 3. The topological polar surface area (TPSA) is 75.6 Å². The van der Waals surface area contributed by atoms with Crippen LogP contribution in [0.25, 0.3) is 6.08 Å². The van der Waals surface area contributed by atoms with Crippen LogP contribution in [-0.4, -0.2) is 23.6 Å². The molecule has 0 aliphatic heterocycles. The smallest absolute Gasteiger partial charge is 0.352 e. The summed E-state index contributed by atoms with van der Waals surface area (Å²) in [7, 11) is 0. The maximum absolute atomic E-state index is 10.9. The van der Waals surface area contributed by atoms with E-state index >= 15 is 0 Å². The summed E-state index contributed by atoms with van der Waals surface area (Å²) >= 11 is 0. The number of ether oxygens (including phenoxy) is 1. The maximum atomic E-state index is 10.9. The van der Waals surface area contributed by atoms with Crippen LogP contribution < -0.4 is 10.1 Å². The van der Waals surface area contributed by atoms with Gasteiger partial charge in [-0.1, -0.05) is 24.8 Å². The Morgan fingerprint density at radius 3 is 2.47 bits per heavy atom. The van der Waals surface area contributed by atoms with Crippen LogP contribution in [0.1, 0.15) is 12.5 Å². The quantitative estimate of drug-likeness (QED) is 0.605. The number of amides is 1. The highest BCUT2D eigenvalue weighted by Gasteiger charge is 2.08. The van der Waals surface area contributed by atoms with Crippen molar-refractivity contribution in [2.45, 2.75) is 6.92 Å². The van der Waals surface area contributed by atoms with E-state index in [9.17, 15) is 9.59 Å². The minimum Gasteiger partial charge on any atom is -0.490 e. The highest BCUT2D eigenvalue weighted by Crippen LogP contribution is 2.14. The number of carbonyl (C=O) groups excluding carboxylic acids is 1. The van der Waals surface area contributed by atoms with Crippen molar-refractivity contribution in [3.05, 3.63) is 48.2 Å². The number of carboxylic acid groups (broad SMARTS) is 1. The van der Waals surface area contributed by atoms with Crippen molar-refractivity contribution in [3.63, 3.8) is 0 Å². The molecule has 2 N–H and O–H groups in total. The lowest BCUT2D eigenvalue weighted by molar-refractivity contribution is -0.134. The average Bonchev–Trinajstić information content (AvgIpc) is 2.36. The fraction of sp³-hybridized carbons (Fsp3) is 0.143. The van der Waals surface area contributed by atoms with E-state index in [0.717, 1.165) is 0 Å². The van der Waals surface area contributed by atoms with Crippen molar-refractivity contribution in [3.8, 4) is 5.75 Å². The zero-order chi connectivity index (χ0) is 14.3. The molecular weight excluding hydrogens is 246 g/mol. The summed E-state index contributed by atoms with van der Waals surface area (Å²) in [6, 6.07) is 6.82. The van der Waals surface area contributed by atoms with E-state index in [4.69, 9.17) is 9.84 Å². The van der Waals surface area contributed by atoms with E-state index < -0.39 is 11.9 Å². The number of aliphatic carboxylic acids is 1. The van der Waals surface area contributed by atoms with Gasteiger partial charge in [0, 0.05) is 6.92 Å². The zero-order valence-corrected chi connectivity index (χ0v) is 10.6. The van der Waals surface area contributed by atoms with E-state index in [0.29, 0.717) is 17.9 Å². The maximum Gasteiger partial charge on any atom is 0.352 e. The van der Waals surface area contributed by atoms with Gasteiger partial charge in [0.25, 0.3) is 0 Å². The minimum absolute atomic E-state index is 0.174. The molecule has 0 aliphatic carbocycles. The lowest BCUT2D eigenvalue weighted by atomic mass is 10.2. The van der Waals surface area contributed by atoms with Crippen LogP contribution in [0.4, 0.5) is 0 Å². The molecule has 5 nitrogen and oxygen atoms in total. The first-order chi connectivity index (χ1) is 9.02. The van der Waals surface area contributed by atoms with Gasteiger partial charge in [0.15, 0.2) is 0 Å². The highest BCUT2D eigenvalue weighted by atomic mass is 16.5. The molecule has 0 aliphatic rings. The van der Waals surface area contributed by atoms with Crippen molar-refractivity contribution in [2.75, 3.05) is 6.61 Å². The van der Waals surface area contributed by atoms with Gasteiger partial charge in [0.2, 0.25) is 5.91 Å². The highest BCUT2D eigenvalue weighted by molar-refractivity contribution is 5.96. The molecule has 100 valence electrons. The van der Waals surface area contributed by atoms with Crippen LogP contribution in [0.5, 0.6) is 5.75 Å². The first-order valence-electron chi connectivity index (χ1n) is 5.59. The molecule has 19 heavy (non-hydrogen) atoms. The predicted octanol–water partition coefficient (Wildman–Crippen LogP) is 1.81. The van der Waals surface area contributed by atoms with E-state index in [-0.39, 0.29) is 5.70 Å². The fourth-order valence-corrected chi connectivity index (χ4v) is 1.32. The first kappa shape index (κ1) is 14.5. The molecule has 0 heterocycles. The molecule has 0 saturated carbocycles. The summed E-state index contributed by atoms with van der Waals surface area (Å²) in [6.07, 6.45) is 3.01. The Bertz CT molecular complexity index is 503. The number of carbonyl (C=O) groups is 2. The summed E-state index contributed by atoms with van der Waals surface area (Å²) in [4.78, 5) is 21.8. The summed E-state index contributed by atoms with van der Waals surface area (Å²) in [5.41, 5.74) is 0.476. The lowest BCUT2D eigenvalue weighted by Gasteiger charge is -2.05. The Hall–Kier alpha value is -2.56. The van der Waals surface area contributed by atoms with E-state index in [2.05, 4.69) is 11.9 Å². The molecule has 0 spiro atoms. The molecule has 1 rings (SSSR count). The number of rotatable bonds is 6. The van der Waals surface area contributed by atoms with Crippen molar-refractivity contribution < 1.29 is 19.4 Å². The average molecular weight is 261 g/mol. The molecule has 1 amide bonds. The Kier molecular flexibility index (Phi) is 5.35. The summed E-state index contributed by atoms with van der Waals surface area (Å²) in [5.74, 6) is -0.963. The first-order valence-corrected chi connectivity index (χ1v) is 5.59. The number of nitrogens with one attached hydrogen (secondary N) is 1. The van der Waals surface area contributed by atoms with Crippen LogP contribution in [-0.2, 0) is 9.59 Å². The van der Waals surface area contributed by atoms with Gasteiger partial charge in [-0.15, -0.1) is 0 Å². The van der Waals surface area contributed by atoms with Gasteiger partial charge >= 0.3 is 5.97 Å². The van der Waals surface area contributed by atoms with Crippen LogP contribution in [0.3, 0.4) is 0 Å². The third kappa shape index (κ3) is 5.08. The van der Waals surface area contributed by atoms with E-state index in [1.807, 2.05) is 0 Å². The standard InChI is InChI=1S/C14H15NO4/c1-3-8-19-12-6-4-11(5-7-12)9-13(14(17)18)15-10(2)16/h3-7,9H,1,8H2,2H3,(H,15,16)(H,17,18). The number of benzene rings is 1. The molecule has 1 aromatic carbocycles. The van der Waals surface area contributed by atoms with Gasteiger partial charge in [-0.2, -0.15) is 0 Å². The van der Waals surface area contributed by atoms with Crippen LogP contribution in [0.2, 0.25) is 0 Å².